The van der Waals surface area contributed by atoms with Crippen molar-refractivity contribution in [1.82, 2.24) is 0 Å². The van der Waals surface area contributed by atoms with Crippen molar-refractivity contribution in [3.63, 3.8) is 0 Å². The lowest BCUT2D eigenvalue weighted by Crippen LogP contribution is -2.60. The van der Waals surface area contributed by atoms with Crippen molar-refractivity contribution in [1.29, 1.82) is 0 Å². The van der Waals surface area contributed by atoms with Crippen LogP contribution in [0.5, 0.6) is 0 Å². The smallest absolute Gasteiger partial charge is 0.312 e. The first-order valence-electron chi connectivity index (χ1n) is 22.1. The minimum Gasteiger partial charge on any atom is -0.481 e. The van der Waals surface area contributed by atoms with Crippen LogP contribution >= 0.6 is 0 Å². The minimum absolute atomic E-state index is 0.0458. The van der Waals surface area contributed by atoms with Crippen molar-refractivity contribution in [2.75, 3.05) is 0 Å². The number of carboxylic acids is 1. The van der Waals surface area contributed by atoms with Crippen LogP contribution in [0, 0.1) is 57.2 Å². The SMILES string of the molecule is CCC(C)(C)C(=O)OC(C)(C)C1CCCCC1.CCC(C)(C)C(=O)OC12CC3CC(C1)CC(C(=O)O)(C3)C2.CCC(C)(C)C(=O)OC1C2CC3C(=O)OC1C3C2. The molecule has 0 aromatic heterocycles. The second-order valence-corrected chi connectivity index (χ2v) is 21.4. The minimum atomic E-state index is -0.688. The topological polar surface area (TPSA) is 143 Å². The summed E-state index contributed by atoms with van der Waals surface area (Å²) in [5.41, 5.74) is -2.74. The van der Waals surface area contributed by atoms with E-state index < -0.39 is 27.8 Å². The Morgan fingerprint density at radius 2 is 1.27 bits per heavy atom. The van der Waals surface area contributed by atoms with Crippen LogP contribution in [0.3, 0.4) is 0 Å². The average Bonchev–Trinajstić information content (AvgIpc) is 3.77. The molecule has 0 spiro atoms. The maximum absolute atomic E-state index is 12.5. The van der Waals surface area contributed by atoms with Crippen LogP contribution in [-0.4, -0.2) is 58.4 Å². The maximum atomic E-state index is 12.5. The van der Waals surface area contributed by atoms with Crippen LogP contribution in [0.15, 0.2) is 0 Å². The highest BCUT2D eigenvalue weighted by Crippen LogP contribution is 2.63. The van der Waals surface area contributed by atoms with Gasteiger partial charge in [-0.05, 0) is 150 Å². The van der Waals surface area contributed by atoms with Gasteiger partial charge in [-0.1, -0.05) is 40.0 Å². The van der Waals surface area contributed by atoms with Gasteiger partial charge in [-0.2, -0.15) is 0 Å². The van der Waals surface area contributed by atoms with Crippen molar-refractivity contribution >= 4 is 29.8 Å². The Balaban J connectivity index is 0.000000162. The van der Waals surface area contributed by atoms with E-state index in [0.29, 0.717) is 36.0 Å². The predicted molar refractivity (Wildman–Crippen MR) is 212 cm³/mol. The van der Waals surface area contributed by atoms with E-state index in [-0.39, 0.29) is 53.0 Å². The zero-order chi connectivity index (χ0) is 41.6. The molecule has 56 heavy (non-hydrogen) atoms. The van der Waals surface area contributed by atoms with Gasteiger partial charge in [-0.3, -0.25) is 24.0 Å². The number of aliphatic carboxylic acids is 1. The molecule has 10 heteroatoms. The fraction of sp³-hybridized carbons (Fsp3) is 0.891. The van der Waals surface area contributed by atoms with Gasteiger partial charge < -0.3 is 24.1 Å². The van der Waals surface area contributed by atoms with Gasteiger partial charge in [-0.15, -0.1) is 0 Å². The molecule has 7 unspecified atom stereocenters. The van der Waals surface area contributed by atoms with Gasteiger partial charge in [0, 0.05) is 18.3 Å². The number of fused-ring (bicyclic) bond motifs is 1. The van der Waals surface area contributed by atoms with E-state index in [9.17, 15) is 29.1 Å². The van der Waals surface area contributed by atoms with Gasteiger partial charge >= 0.3 is 29.8 Å². The van der Waals surface area contributed by atoms with Crippen molar-refractivity contribution in [2.45, 2.75) is 202 Å². The summed E-state index contributed by atoms with van der Waals surface area (Å²) >= 11 is 0. The highest BCUT2D eigenvalue weighted by Gasteiger charge is 2.64. The lowest BCUT2D eigenvalue weighted by atomic mass is 9.48. The monoisotopic (exact) mass is 787 g/mol. The molecule has 1 heterocycles. The average molecular weight is 787 g/mol. The maximum Gasteiger partial charge on any atom is 0.312 e. The van der Waals surface area contributed by atoms with E-state index in [0.717, 1.165) is 64.2 Å². The summed E-state index contributed by atoms with van der Waals surface area (Å²) in [6.07, 6.45) is 15.0. The summed E-state index contributed by atoms with van der Waals surface area (Å²) in [6, 6.07) is 0. The molecule has 6 bridgehead atoms. The summed E-state index contributed by atoms with van der Waals surface area (Å²) < 4.78 is 22.8. The van der Waals surface area contributed by atoms with Gasteiger partial charge in [0.05, 0.1) is 27.6 Å². The number of carboxylic acid groups (broad SMARTS) is 1. The van der Waals surface area contributed by atoms with Gasteiger partial charge in [0.1, 0.15) is 23.4 Å². The number of hydrogen-bond donors (Lipinski definition) is 1. The molecule has 318 valence electrons. The predicted octanol–water partition coefficient (Wildman–Crippen LogP) is 9.63. The normalized spacial score (nSPS) is 34.4. The third-order valence-corrected chi connectivity index (χ3v) is 15.7. The molecule has 8 aliphatic rings. The Hall–Kier alpha value is -2.65. The molecule has 1 saturated heterocycles. The van der Waals surface area contributed by atoms with Crippen LogP contribution < -0.4 is 0 Å². The zero-order valence-corrected chi connectivity index (χ0v) is 36.6. The number of carbonyl (C=O) groups excluding carboxylic acids is 4. The number of rotatable bonds is 11. The van der Waals surface area contributed by atoms with E-state index in [1.54, 1.807) is 0 Å². The first-order valence-corrected chi connectivity index (χ1v) is 22.1. The molecule has 0 aromatic rings. The van der Waals surface area contributed by atoms with Gasteiger partial charge in [-0.25, -0.2) is 0 Å². The molecule has 1 aliphatic heterocycles. The van der Waals surface area contributed by atoms with Crippen molar-refractivity contribution < 1.29 is 48.0 Å². The largest absolute Gasteiger partial charge is 0.481 e. The summed E-state index contributed by atoms with van der Waals surface area (Å²) in [5, 5.41) is 9.69. The first-order chi connectivity index (χ1) is 25.9. The Bertz CT molecular complexity index is 1470. The van der Waals surface area contributed by atoms with Crippen LogP contribution in [0.1, 0.15) is 179 Å². The Kier molecular flexibility index (Phi) is 12.8. The van der Waals surface area contributed by atoms with Crippen molar-refractivity contribution in [2.24, 2.45) is 57.2 Å². The summed E-state index contributed by atoms with van der Waals surface area (Å²) in [4.78, 5) is 60.1. The Morgan fingerprint density at radius 3 is 1.80 bits per heavy atom. The molecule has 7 aliphatic carbocycles. The van der Waals surface area contributed by atoms with Crippen molar-refractivity contribution in [3.8, 4) is 0 Å². The molecule has 8 fully saturated rings. The van der Waals surface area contributed by atoms with E-state index >= 15 is 0 Å². The molecule has 10 nitrogen and oxygen atoms in total. The lowest BCUT2D eigenvalue weighted by molar-refractivity contribution is -0.215. The molecule has 0 amide bonds. The van der Waals surface area contributed by atoms with Crippen LogP contribution in [0.4, 0.5) is 0 Å². The molecule has 1 N–H and O–H groups in total. The van der Waals surface area contributed by atoms with Gasteiger partial charge in [0.25, 0.3) is 0 Å². The molecular formula is C46H74O10. The third kappa shape index (κ3) is 8.99. The highest BCUT2D eigenvalue weighted by atomic mass is 16.6. The number of hydrogen-bond acceptors (Lipinski definition) is 9. The second-order valence-electron chi connectivity index (χ2n) is 21.4. The lowest BCUT2D eigenvalue weighted by Gasteiger charge is -2.59. The quantitative estimate of drug-likeness (QED) is 0.159. The Morgan fingerprint density at radius 1 is 0.732 bits per heavy atom. The van der Waals surface area contributed by atoms with Crippen LogP contribution in [0.2, 0.25) is 0 Å². The summed E-state index contributed by atoms with van der Waals surface area (Å²) in [6.45, 7) is 21.7. The number of esters is 4. The summed E-state index contributed by atoms with van der Waals surface area (Å²) in [7, 11) is 0. The van der Waals surface area contributed by atoms with E-state index in [2.05, 4.69) is 13.8 Å². The molecule has 7 saturated carbocycles. The van der Waals surface area contributed by atoms with Crippen LogP contribution in [-0.2, 0) is 42.9 Å². The van der Waals surface area contributed by atoms with E-state index in [1.807, 2.05) is 62.3 Å². The fourth-order valence-corrected chi connectivity index (χ4v) is 10.9. The number of carbonyl (C=O) groups is 5. The van der Waals surface area contributed by atoms with Gasteiger partial charge in [0.2, 0.25) is 0 Å². The molecular weight excluding hydrogens is 712 g/mol. The zero-order valence-electron chi connectivity index (χ0n) is 36.6. The molecule has 0 radical (unpaired) electrons. The standard InChI is InChI=1S/C17H26O4.C15H28O2.C14H20O4/c1-4-15(2,3)14(20)21-17-8-11-5-12(9-17)7-16(6-11,10-17)13(18)19;1-6-14(2,3)13(16)17-15(4,5)12-10-8-7-9-11-12;1-4-14(2,3)13(16)18-10-7-5-8-9(6-7)12(15)17-11(8)10/h11-12H,4-10H2,1-3H3,(H,18,19);12H,6-11H2,1-5H3;7-11H,4-6H2,1-3H3. The fourth-order valence-electron chi connectivity index (χ4n) is 10.9. The molecule has 0 aromatic carbocycles. The number of ether oxygens (including phenoxy) is 4. The van der Waals surface area contributed by atoms with E-state index in [1.165, 1.54) is 32.1 Å². The van der Waals surface area contributed by atoms with Crippen LogP contribution in [0.25, 0.3) is 0 Å². The molecule has 7 atom stereocenters. The highest BCUT2D eigenvalue weighted by molar-refractivity contribution is 5.79. The third-order valence-electron chi connectivity index (χ3n) is 15.7. The van der Waals surface area contributed by atoms with Crippen molar-refractivity contribution in [3.05, 3.63) is 0 Å². The molecule has 8 rings (SSSR count). The summed E-state index contributed by atoms with van der Waals surface area (Å²) in [5.74, 6) is 0.928. The van der Waals surface area contributed by atoms with E-state index in [4.69, 9.17) is 18.9 Å². The second kappa shape index (κ2) is 16.2. The van der Waals surface area contributed by atoms with Gasteiger partial charge in [0.15, 0.2) is 0 Å². The first kappa shape index (κ1) is 44.5. The Labute approximate surface area is 336 Å².